The minimum atomic E-state index is -0.453. The van der Waals surface area contributed by atoms with Crippen LogP contribution in [0.15, 0.2) is 47.6 Å². The normalized spacial score (nSPS) is 11.8. The number of aromatic nitrogens is 3. The van der Waals surface area contributed by atoms with Crippen molar-refractivity contribution in [3.8, 4) is 0 Å². The molecule has 0 spiro atoms. The fraction of sp³-hybridized carbons (Fsp3) is 0.346. The van der Waals surface area contributed by atoms with Crippen LogP contribution in [0.4, 0.5) is 5.69 Å². The molecule has 0 aliphatic heterocycles. The number of anilines is 1. The number of benzene rings is 2. The van der Waals surface area contributed by atoms with Crippen LogP contribution in [-0.2, 0) is 16.6 Å². The Morgan fingerprint density at radius 2 is 1.87 bits per heavy atom. The van der Waals surface area contributed by atoms with E-state index in [2.05, 4.69) is 20.8 Å². The van der Waals surface area contributed by atoms with E-state index >= 15 is 0 Å². The van der Waals surface area contributed by atoms with Crippen molar-refractivity contribution in [1.82, 2.24) is 20.1 Å². The van der Waals surface area contributed by atoms with Crippen LogP contribution in [0.25, 0.3) is 0 Å². The number of carbonyl (C=O) groups is 3. The number of amides is 2. The van der Waals surface area contributed by atoms with Crippen LogP contribution in [0, 0.1) is 5.92 Å². The van der Waals surface area contributed by atoms with E-state index in [0.29, 0.717) is 39.2 Å². The Bertz CT molecular complexity index is 1310. The molecule has 0 aliphatic rings. The topological polar surface area (TPSA) is 115 Å². The van der Waals surface area contributed by atoms with Crippen LogP contribution in [0.1, 0.15) is 59.8 Å². The second-order valence-corrected chi connectivity index (χ2v) is 10.6. The van der Waals surface area contributed by atoms with Gasteiger partial charge in [-0.25, -0.2) is 4.79 Å². The number of hydrogen-bond donors (Lipinski definition) is 2. The van der Waals surface area contributed by atoms with Gasteiger partial charge in [-0.05, 0) is 55.7 Å². The molecule has 0 bridgehead atoms. The second-order valence-electron chi connectivity index (χ2n) is 8.82. The lowest BCUT2D eigenvalue weighted by atomic mass is 10.0. The molecule has 2 amide bonds. The van der Waals surface area contributed by atoms with Gasteiger partial charge < -0.3 is 19.9 Å². The maximum absolute atomic E-state index is 13.0. The Morgan fingerprint density at radius 1 is 1.11 bits per heavy atom. The molecule has 0 aliphatic carbocycles. The van der Waals surface area contributed by atoms with E-state index in [0.717, 1.165) is 0 Å². The maximum atomic E-state index is 13.0. The smallest absolute Gasteiger partial charge is 0.338 e. The number of rotatable bonds is 11. The molecule has 1 atom stereocenters. The van der Waals surface area contributed by atoms with Crippen molar-refractivity contribution in [2.75, 3.05) is 17.7 Å². The van der Waals surface area contributed by atoms with Crippen molar-refractivity contribution in [3.05, 3.63) is 69.5 Å². The molecule has 0 saturated heterocycles. The van der Waals surface area contributed by atoms with Crippen molar-refractivity contribution >= 4 is 58.4 Å². The largest absolute Gasteiger partial charge is 0.462 e. The summed E-state index contributed by atoms with van der Waals surface area (Å²) in [5.74, 6) is -0.195. The Morgan fingerprint density at radius 3 is 2.55 bits per heavy atom. The third kappa shape index (κ3) is 7.96. The molecule has 12 heteroatoms. The molecule has 202 valence electrons. The van der Waals surface area contributed by atoms with Gasteiger partial charge in [0.25, 0.3) is 5.91 Å². The highest BCUT2D eigenvalue weighted by atomic mass is 35.5. The lowest BCUT2D eigenvalue weighted by Gasteiger charge is -2.20. The Labute approximate surface area is 235 Å². The van der Waals surface area contributed by atoms with E-state index in [1.165, 1.54) is 17.8 Å². The quantitative estimate of drug-likeness (QED) is 0.227. The predicted octanol–water partition coefficient (Wildman–Crippen LogP) is 5.55. The van der Waals surface area contributed by atoms with E-state index < -0.39 is 12.0 Å². The number of esters is 1. The average molecular weight is 579 g/mol. The summed E-state index contributed by atoms with van der Waals surface area (Å²) < 4.78 is 6.76. The molecular weight excluding hydrogens is 549 g/mol. The molecular formula is C26H29Cl2N5O4S. The first kappa shape index (κ1) is 29.5. The van der Waals surface area contributed by atoms with Gasteiger partial charge >= 0.3 is 5.97 Å². The monoisotopic (exact) mass is 577 g/mol. The lowest BCUT2D eigenvalue weighted by Crippen LogP contribution is -2.31. The molecule has 1 heterocycles. The van der Waals surface area contributed by atoms with E-state index in [1.54, 1.807) is 54.9 Å². The number of nitrogens with one attached hydrogen (secondary N) is 2. The maximum Gasteiger partial charge on any atom is 0.338 e. The van der Waals surface area contributed by atoms with Crippen molar-refractivity contribution in [2.24, 2.45) is 13.0 Å². The van der Waals surface area contributed by atoms with E-state index in [9.17, 15) is 14.4 Å². The fourth-order valence-electron chi connectivity index (χ4n) is 3.63. The number of nitrogens with zero attached hydrogens (tertiary/aromatic N) is 3. The summed E-state index contributed by atoms with van der Waals surface area (Å²) in [7, 11) is 1.78. The van der Waals surface area contributed by atoms with Crippen LogP contribution < -0.4 is 10.6 Å². The van der Waals surface area contributed by atoms with Gasteiger partial charge in [-0.2, -0.15) is 0 Å². The summed E-state index contributed by atoms with van der Waals surface area (Å²) in [6.45, 7) is 6.08. The van der Waals surface area contributed by atoms with Crippen LogP contribution >= 0.6 is 35.0 Å². The summed E-state index contributed by atoms with van der Waals surface area (Å²) in [6, 6.07) is 10.8. The number of ether oxygens (including phenoxy) is 1. The second kappa shape index (κ2) is 13.6. The fourth-order valence-corrected chi connectivity index (χ4v) is 4.84. The summed E-state index contributed by atoms with van der Waals surface area (Å²) in [4.78, 5) is 37.5. The van der Waals surface area contributed by atoms with Gasteiger partial charge in [0.05, 0.1) is 34.6 Å². The highest BCUT2D eigenvalue weighted by molar-refractivity contribution is 7.99. The van der Waals surface area contributed by atoms with Crippen LogP contribution in [-0.4, -0.2) is 44.9 Å². The molecule has 0 saturated carbocycles. The summed E-state index contributed by atoms with van der Waals surface area (Å²) in [5, 5.41) is 15.5. The zero-order valence-corrected chi connectivity index (χ0v) is 23.8. The third-order valence-electron chi connectivity index (χ3n) is 5.36. The van der Waals surface area contributed by atoms with Gasteiger partial charge in [-0.15, -0.1) is 10.2 Å². The van der Waals surface area contributed by atoms with Crippen LogP contribution in [0.3, 0.4) is 0 Å². The van der Waals surface area contributed by atoms with Crippen LogP contribution in [0.2, 0.25) is 10.0 Å². The first-order valence-electron chi connectivity index (χ1n) is 11.9. The highest BCUT2D eigenvalue weighted by Crippen LogP contribution is 2.26. The minimum absolute atomic E-state index is 0.0667. The molecule has 2 aromatic carbocycles. The Kier molecular flexibility index (Phi) is 10.6. The standard InChI is InChI=1S/C26H29Cl2N5O4S/c1-5-37-25(36)16-7-6-8-18(12-16)29-22(34)14-38-26-32-31-23(33(26)4)21(11-15(2)3)30-24(35)19-10-9-17(27)13-20(19)28/h6-10,12-13,15,21H,5,11,14H2,1-4H3,(H,29,34)(H,30,35)/t21-/m0/s1. The van der Waals surface area contributed by atoms with Gasteiger partial charge in [-0.3, -0.25) is 9.59 Å². The lowest BCUT2D eigenvalue weighted by molar-refractivity contribution is -0.113. The summed E-state index contributed by atoms with van der Waals surface area (Å²) >= 11 is 13.4. The molecule has 0 fully saturated rings. The zero-order chi connectivity index (χ0) is 27.8. The molecule has 3 rings (SSSR count). The molecule has 3 aromatic rings. The van der Waals surface area contributed by atoms with Gasteiger partial charge in [0.2, 0.25) is 5.91 Å². The first-order chi connectivity index (χ1) is 18.1. The minimum Gasteiger partial charge on any atom is -0.462 e. The van der Waals surface area contributed by atoms with E-state index in [-0.39, 0.29) is 35.1 Å². The number of hydrogen-bond acceptors (Lipinski definition) is 7. The number of carbonyl (C=O) groups excluding carboxylic acids is 3. The van der Waals surface area contributed by atoms with Gasteiger partial charge in [-0.1, -0.05) is 54.9 Å². The van der Waals surface area contributed by atoms with Crippen molar-refractivity contribution in [1.29, 1.82) is 0 Å². The van der Waals surface area contributed by atoms with Crippen molar-refractivity contribution < 1.29 is 19.1 Å². The third-order valence-corrected chi connectivity index (χ3v) is 6.93. The molecule has 9 nitrogen and oxygen atoms in total. The number of halogens is 2. The van der Waals surface area contributed by atoms with Crippen molar-refractivity contribution in [2.45, 2.75) is 38.4 Å². The van der Waals surface area contributed by atoms with Crippen LogP contribution in [0.5, 0.6) is 0 Å². The predicted molar refractivity (Wildman–Crippen MR) is 149 cm³/mol. The Hall–Kier alpha value is -3.08. The molecule has 2 N–H and O–H groups in total. The first-order valence-corrected chi connectivity index (χ1v) is 13.7. The number of thioether (sulfide) groups is 1. The zero-order valence-electron chi connectivity index (χ0n) is 21.5. The molecule has 38 heavy (non-hydrogen) atoms. The van der Waals surface area contributed by atoms with Crippen molar-refractivity contribution in [3.63, 3.8) is 0 Å². The van der Waals surface area contributed by atoms with Gasteiger partial charge in [0.15, 0.2) is 11.0 Å². The Balaban J connectivity index is 1.67. The SMILES string of the molecule is CCOC(=O)c1cccc(NC(=O)CSc2nnc([C@H](CC(C)C)NC(=O)c3ccc(Cl)cc3Cl)n2C)c1. The molecule has 0 unspecified atom stereocenters. The molecule has 1 aromatic heterocycles. The summed E-state index contributed by atoms with van der Waals surface area (Å²) in [5.41, 5.74) is 1.15. The average Bonchev–Trinajstić information content (AvgIpc) is 3.22. The van der Waals surface area contributed by atoms with E-state index in [4.69, 9.17) is 27.9 Å². The van der Waals surface area contributed by atoms with E-state index in [1.807, 2.05) is 13.8 Å². The van der Waals surface area contributed by atoms with Gasteiger partial charge in [0.1, 0.15) is 0 Å². The van der Waals surface area contributed by atoms with Gasteiger partial charge in [0, 0.05) is 17.8 Å². The highest BCUT2D eigenvalue weighted by Gasteiger charge is 2.24. The summed E-state index contributed by atoms with van der Waals surface area (Å²) in [6.07, 6.45) is 0.616. The molecule has 0 radical (unpaired) electrons.